The first-order chi connectivity index (χ1) is 10.8. The lowest BCUT2D eigenvalue weighted by Gasteiger charge is -2.13. The van der Waals surface area contributed by atoms with E-state index in [4.69, 9.17) is 0 Å². The van der Waals surface area contributed by atoms with E-state index in [0.717, 1.165) is 10.0 Å². The van der Waals surface area contributed by atoms with Gasteiger partial charge in [-0.3, -0.25) is 0 Å². The zero-order valence-corrected chi connectivity index (χ0v) is 13.4. The van der Waals surface area contributed by atoms with Crippen LogP contribution in [0, 0.1) is 0 Å². The number of aromatic nitrogens is 1. The maximum absolute atomic E-state index is 9.95. The molecule has 0 spiro atoms. The van der Waals surface area contributed by atoms with Crippen molar-refractivity contribution < 1.29 is 5.11 Å². The van der Waals surface area contributed by atoms with Crippen molar-refractivity contribution in [3.05, 3.63) is 76.4 Å². The maximum atomic E-state index is 9.95. The summed E-state index contributed by atoms with van der Waals surface area (Å²) in [5.41, 5.74) is 2.15. The average molecular weight is 352 g/mol. The Labute approximate surface area is 136 Å². The summed E-state index contributed by atoms with van der Waals surface area (Å²) in [4.78, 5) is 2.84. The Bertz CT molecular complexity index is 930. The van der Waals surface area contributed by atoms with Crippen LogP contribution in [0.15, 0.2) is 65.3 Å². The van der Waals surface area contributed by atoms with Crippen molar-refractivity contribution in [3.8, 4) is 5.88 Å². The van der Waals surface area contributed by atoms with Crippen molar-refractivity contribution in [3.63, 3.8) is 0 Å². The molecular weight excluding hydrogens is 338 g/mol. The molecule has 0 bridgehead atoms. The van der Waals surface area contributed by atoms with E-state index in [1.165, 1.54) is 27.1 Å². The van der Waals surface area contributed by atoms with Crippen LogP contribution < -0.4 is 0 Å². The SMILES string of the molecule is Oc1[nH]ccc1Cc1c2ccccc2c(Br)c2ccccc12. The molecular formula is C19H14BrNO. The van der Waals surface area contributed by atoms with Crippen LogP contribution in [-0.4, -0.2) is 10.1 Å². The molecule has 22 heavy (non-hydrogen) atoms. The Kier molecular flexibility index (Phi) is 3.16. The molecule has 0 atom stereocenters. The quantitative estimate of drug-likeness (QED) is 0.467. The van der Waals surface area contributed by atoms with E-state index >= 15 is 0 Å². The molecule has 0 saturated carbocycles. The van der Waals surface area contributed by atoms with Crippen LogP contribution in [0.25, 0.3) is 21.5 Å². The molecule has 4 rings (SSSR count). The molecule has 0 saturated heterocycles. The van der Waals surface area contributed by atoms with Crippen LogP contribution in [0.2, 0.25) is 0 Å². The predicted octanol–water partition coefficient (Wildman–Crippen LogP) is 5.38. The largest absolute Gasteiger partial charge is 0.494 e. The number of halogens is 1. The predicted molar refractivity (Wildman–Crippen MR) is 94.4 cm³/mol. The summed E-state index contributed by atoms with van der Waals surface area (Å²) < 4.78 is 1.13. The zero-order valence-electron chi connectivity index (χ0n) is 11.8. The number of benzene rings is 3. The second-order valence-electron chi connectivity index (χ2n) is 5.41. The molecule has 3 heteroatoms. The van der Waals surface area contributed by atoms with Gasteiger partial charge in [0.2, 0.25) is 0 Å². The van der Waals surface area contributed by atoms with Crippen molar-refractivity contribution in [2.24, 2.45) is 0 Å². The molecule has 0 aliphatic carbocycles. The monoisotopic (exact) mass is 351 g/mol. The number of rotatable bonds is 2. The number of hydrogen-bond acceptors (Lipinski definition) is 1. The van der Waals surface area contributed by atoms with Crippen molar-refractivity contribution in [2.75, 3.05) is 0 Å². The van der Waals surface area contributed by atoms with Gasteiger partial charge in [-0.15, -0.1) is 0 Å². The highest BCUT2D eigenvalue weighted by molar-refractivity contribution is 9.10. The molecule has 2 N–H and O–H groups in total. The van der Waals surface area contributed by atoms with Crippen LogP contribution in [-0.2, 0) is 6.42 Å². The summed E-state index contributed by atoms with van der Waals surface area (Å²) in [5, 5.41) is 14.8. The van der Waals surface area contributed by atoms with Crippen molar-refractivity contribution in [1.82, 2.24) is 4.98 Å². The van der Waals surface area contributed by atoms with Gasteiger partial charge in [-0.2, -0.15) is 0 Å². The standard InChI is InChI=1S/C19H14BrNO/c20-18-15-7-3-1-5-13(15)17(11-12-9-10-21-19(12)22)14-6-2-4-8-16(14)18/h1-10,21-22H,11H2. The molecule has 0 radical (unpaired) electrons. The van der Waals surface area contributed by atoms with Gasteiger partial charge in [0, 0.05) is 22.7 Å². The Morgan fingerprint density at radius 3 is 1.86 bits per heavy atom. The third-order valence-electron chi connectivity index (χ3n) is 4.15. The molecule has 0 aliphatic heterocycles. The van der Waals surface area contributed by atoms with E-state index in [1.807, 2.05) is 6.07 Å². The Morgan fingerprint density at radius 2 is 1.36 bits per heavy atom. The highest BCUT2D eigenvalue weighted by Gasteiger charge is 2.13. The molecule has 4 aromatic rings. The molecule has 1 heterocycles. The van der Waals surface area contributed by atoms with Crippen LogP contribution in [0.3, 0.4) is 0 Å². The first-order valence-corrected chi connectivity index (χ1v) is 7.98. The smallest absolute Gasteiger partial charge is 0.191 e. The third kappa shape index (κ3) is 2.01. The lowest BCUT2D eigenvalue weighted by Crippen LogP contribution is -1.93. The normalized spacial score (nSPS) is 11.3. The minimum Gasteiger partial charge on any atom is -0.494 e. The number of hydrogen-bond donors (Lipinski definition) is 2. The molecule has 0 aliphatic rings. The van der Waals surface area contributed by atoms with E-state index in [-0.39, 0.29) is 5.88 Å². The lowest BCUT2D eigenvalue weighted by molar-refractivity contribution is 0.451. The van der Waals surface area contributed by atoms with Crippen molar-refractivity contribution in [2.45, 2.75) is 6.42 Å². The molecule has 0 unspecified atom stereocenters. The lowest BCUT2D eigenvalue weighted by atomic mass is 9.93. The van der Waals surface area contributed by atoms with Gasteiger partial charge in [0.05, 0.1) is 0 Å². The molecule has 1 aromatic heterocycles. The number of aromatic hydroxyl groups is 1. The first-order valence-electron chi connectivity index (χ1n) is 7.19. The van der Waals surface area contributed by atoms with E-state index in [9.17, 15) is 5.11 Å². The topological polar surface area (TPSA) is 36.0 Å². The van der Waals surface area contributed by atoms with Crippen LogP contribution >= 0.6 is 15.9 Å². The van der Waals surface area contributed by atoms with Gasteiger partial charge in [0.1, 0.15) is 0 Å². The van der Waals surface area contributed by atoms with E-state index in [1.54, 1.807) is 6.20 Å². The maximum Gasteiger partial charge on any atom is 0.191 e. The van der Waals surface area contributed by atoms with Gasteiger partial charge in [0.15, 0.2) is 5.88 Å². The number of fused-ring (bicyclic) bond motifs is 2. The summed E-state index contributed by atoms with van der Waals surface area (Å²) in [5.74, 6) is 0.246. The number of aromatic amines is 1. The Balaban J connectivity index is 2.09. The average Bonchev–Trinajstić information content (AvgIpc) is 2.96. The highest BCUT2D eigenvalue weighted by Crippen LogP contribution is 2.37. The van der Waals surface area contributed by atoms with Gasteiger partial charge in [0.25, 0.3) is 0 Å². The van der Waals surface area contributed by atoms with Crippen LogP contribution in [0.4, 0.5) is 0 Å². The van der Waals surface area contributed by atoms with E-state index in [2.05, 4.69) is 69.4 Å². The minimum atomic E-state index is 0.246. The van der Waals surface area contributed by atoms with Crippen molar-refractivity contribution in [1.29, 1.82) is 0 Å². The number of H-pyrrole nitrogens is 1. The van der Waals surface area contributed by atoms with Gasteiger partial charge in [-0.1, -0.05) is 48.5 Å². The van der Waals surface area contributed by atoms with E-state index < -0.39 is 0 Å². The third-order valence-corrected chi connectivity index (χ3v) is 5.01. The molecule has 3 aromatic carbocycles. The zero-order chi connectivity index (χ0) is 15.1. The molecule has 2 nitrogen and oxygen atoms in total. The first kappa shape index (κ1) is 13.4. The van der Waals surface area contributed by atoms with Gasteiger partial charge < -0.3 is 10.1 Å². The Morgan fingerprint density at radius 1 is 0.818 bits per heavy atom. The summed E-state index contributed by atoms with van der Waals surface area (Å²) in [6.45, 7) is 0. The summed E-state index contributed by atoms with van der Waals surface area (Å²) in [6, 6.07) is 18.7. The van der Waals surface area contributed by atoms with E-state index in [0.29, 0.717) is 6.42 Å². The molecule has 0 fully saturated rings. The fraction of sp³-hybridized carbons (Fsp3) is 0.0526. The fourth-order valence-electron chi connectivity index (χ4n) is 3.08. The van der Waals surface area contributed by atoms with Gasteiger partial charge >= 0.3 is 0 Å². The Hall–Kier alpha value is -2.26. The second-order valence-corrected chi connectivity index (χ2v) is 6.20. The van der Waals surface area contributed by atoms with Crippen LogP contribution in [0.1, 0.15) is 11.1 Å². The summed E-state index contributed by atoms with van der Waals surface area (Å²) >= 11 is 3.75. The van der Waals surface area contributed by atoms with Gasteiger partial charge in [-0.05, 0) is 49.1 Å². The number of nitrogens with one attached hydrogen (secondary N) is 1. The summed E-state index contributed by atoms with van der Waals surface area (Å²) in [7, 11) is 0. The van der Waals surface area contributed by atoms with Gasteiger partial charge in [-0.25, -0.2) is 0 Å². The fourth-order valence-corrected chi connectivity index (χ4v) is 3.77. The highest BCUT2D eigenvalue weighted by atomic mass is 79.9. The van der Waals surface area contributed by atoms with Crippen LogP contribution in [0.5, 0.6) is 5.88 Å². The minimum absolute atomic E-state index is 0.246. The second kappa shape index (κ2) is 5.18. The van der Waals surface area contributed by atoms with Crippen molar-refractivity contribution >= 4 is 37.5 Å². The molecule has 108 valence electrons. The molecule has 0 amide bonds. The summed E-state index contributed by atoms with van der Waals surface area (Å²) in [6.07, 6.45) is 2.47.